The van der Waals surface area contributed by atoms with Crippen molar-refractivity contribution in [2.45, 2.75) is 38.5 Å². The van der Waals surface area contributed by atoms with Gasteiger partial charge in [0.15, 0.2) is 0 Å². The van der Waals surface area contributed by atoms with Gasteiger partial charge in [0.1, 0.15) is 5.75 Å². The predicted molar refractivity (Wildman–Crippen MR) is 89.5 cm³/mol. The van der Waals surface area contributed by atoms with Crippen molar-refractivity contribution in [2.24, 2.45) is 0 Å². The minimum absolute atomic E-state index is 0.248. The Kier molecular flexibility index (Phi) is 4.98. The molecule has 1 fully saturated rings. The van der Waals surface area contributed by atoms with E-state index in [4.69, 9.17) is 4.74 Å². The first-order valence-electron chi connectivity index (χ1n) is 8.28. The smallest absolute Gasteiger partial charge is 0.119 e. The molecule has 2 atom stereocenters. The van der Waals surface area contributed by atoms with Crippen LogP contribution in [-0.2, 0) is 13.0 Å². The monoisotopic (exact) mass is 315 g/mol. The van der Waals surface area contributed by atoms with E-state index in [1.165, 1.54) is 11.3 Å². The lowest BCUT2D eigenvalue weighted by atomic mass is 10.0. The zero-order chi connectivity index (χ0) is 16.2. The molecule has 1 aliphatic heterocycles. The number of nitrogens with zero attached hydrogens (tertiary/aromatic N) is 3. The van der Waals surface area contributed by atoms with E-state index < -0.39 is 0 Å². The largest absolute Gasteiger partial charge is 0.497 e. The average molecular weight is 315 g/mol. The van der Waals surface area contributed by atoms with Crippen LogP contribution < -0.4 is 4.74 Å². The summed E-state index contributed by atoms with van der Waals surface area (Å²) in [5, 5.41) is 14.5. The maximum absolute atomic E-state index is 10.1. The number of methoxy groups -OCH3 is 1. The number of rotatable bonds is 6. The third-order valence-corrected chi connectivity index (χ3v) is 4.62. The first-order valence-corrected chi connectivity index (χ1v) is 8.28. The fraction of sp³-hybridized carbons (Fsp3) is 0.500. The van der Waals surface area contributed by atoms with E-state index in [1.807, 2.05) is 23.0 Å². The van der Waals surface area contributed by atoms with Gasteiger partial charge in [-0.05, 0) is 37.1 Å². The van der Waals surface area contributed by atoms with Crippen molar-refractivity contribution in [2.75, 3.05) is 20.2 Å². The lowest BCUT2D eigenvalue weighted by Crippen LogP contribution is -2.27. The van der Waals surface area contributed by atoms with Crippen LogP contribution in [0.25, 0.3) is 0 Å². The summed E-state index contributed by atoms with van der Waals surface area (Å²) in [6.45, 7) is 4.65. The Labute approximate surface area is 137 Å². The fourth-order valence-electron chi connectivity index (χ4n) is 3.44. The van der Waals surface area contributed by atoms with Crippen molar-refractivity contribution in [3.63, 3.8) is 0 Å². The van der Waals surface area contributed by atoms with Gasteiger partial charge in [-0.2, -0.15) is 5.10 Å². The van der Waals surface area contributed by atoms with Gasteiger partial charge in [-0.25, -0.2) is 0 Å². The lowest BCUT2D eigenvalue weighted by molar-refractivity contribution is 0.175. The molecule has 23 heavy (non-hydrogen) atoms. The highest BCUT2D eigenvalue weighted by molar-refractivity contribution is 5.31. The summed E-state index contributed by atoms with van der Waals surface area (Å²) in [6.07, 6.45) is 3.32. The number of aromatic nitrogens is 2. The van der Waals surface area contributed by atoms with E-state index in [1.54, 1.807) is 7.11 Å². The molecule has 0 amide bonds. The third kappa shape index (κ3) is 3.57. The molecule has 124 valence electrons. The molecule has 2 aromatic rings. The second-order valence-corrected chi connectivity index (χ2v) is 6.07. The van der Waals surface area contributed by atoms with E-state index in [-0.39, 0.29) is 12.1 Å². The number of benzene rings is 1. The molecule has 0 spiro atoms. The molecule has 1 saturated heterocycles. The molecule has 2 heterocycles. The molecule has 0 unspecified atom stereocenters. The van der Waals surface area contributed by atoms with Crippen molar-refractivity contribution >= 4 is 0 Å². The SMILES string of the molecule is CCn1nccc1CCN1C[C@H](O)C[C@@H]1c1cccc(OC)c1. The highest BCUT2D eigenvalue weighted by Gasteiger charge is 2.31. The van der Waals surface area contributed by atoms with Gasteiger partial charge >= 0.3 is 0 Å². The van der Waals surface area contributed by atoms with Crippen LogP contribution in [0.2, 0.25) is 0 Å². The third-order valence-electron chi connectivity index (χ3n) is 4.62. The van der Waals surface area contributed by atoms with Crippen molar-refractivity contribution in [3.8, 4) is 5.75 Å². The van der Waals surface area contributed by atoms with Crippen molar-refractivity contribution in [1.29, 1.82) is 0 Å². The fourth-order valence-corrected chi connectivity index (χ4v) is 3.44. The van der Waals surface area contributed by atoms with Crippen LogP contribution in [0.4, 0.5) is 0 Å². The Hall–Kier alpha value is -1.85. The Balaban J connectivity index is 1.72. The van der Waals surface area contributed by atoms with Gasteiger partial charge in [0.2, 0.25) is 0 Å². The molecule has 0 aliphatic carbocycles. The summed E-state index contributed by atoms with van der Waals surface area (Å²) in [5.74, 6) is 0.868. The number of aryl methyl sites for hydroxylation is 1. The van der Waals surface area contributed by atoms with Gasteiger partial charge in [-0.3, -0.25) is 9.58 Å². The predicted octanol–water partition coefficient (Wildman–Crippen LogP) is 2.26. The molecule has 1 aliphatic rings. The first kappa shape index (κ1) is 16.0. The van der Waals surface area contributed by atoms with E-state index >= 15 is 0 Å². The summed E-state index contributed by atoms with van der Waals surface area (Å²) < 4.78 is 7.37. The highest BCUT2D eigenvalue weighted by Crippen LogP contribution is 2.33. The van der Waals surface area contributed by atoms with Crippen LogP contribution in [0.1, 0.15) is 30.6 Å². The molecular formula is C18H25N3O2. The Morgan fingerprint density at radius 2 is 2.22 bits per heavy atom. The molecule has 0 bridgehead atoms. The summed E-state index contributed by atoms with van der Waals surface area (Å²) in [4.78, 5) is 2.37. The number of aliphatic hydroxyl groups is 1. The number of hydrogen-bond acceptors (Lipinski definition) is 4. The molecule has 1 aromatic carbocycles. The van der Waals surface area contributed by atoms with E-state index in [0.29, 0.717) is 0 Å². The van der Waals surface area contributed by atoms with Crippen molar-refractivity contribution < 1.29 is 9.84 Å². The molecule has 0 saturated carbocycles. The summed E-state index contributed by atoms with van der Waals surface area (Å²) in [5.41, 5.74) is 2.46. The van der Waals surface area contributed by atoms with Gasteiger partial charge in [0.25, 0.3) is 0 Å². The van der Waals surface area contributed by atoms with Crippen LogP contribution in [0.3, 0.4) is 0 Å². The molecular weight excluding hydrogens is 290 g/mol. The minimum Gasteiger partial charge on any atom is -0.497 e. The molecule has 0 radical (unpaired) electrons. The van der Waals surface area contributed by atoms with Gasteiger partial charge in [-0.15, -0.1) is 0 Å². The maximum Gasteiger partial charge on any atom is 0.119 e. The standard InChI is InChI=1S/C18H25N3O2/c1-3-21-15(7-9-19-21)8-10-20-13-16(22)12-18(20)14-5-4-6-17(11-14)23-2/h4-7,9,11,16,18,22H,3,8,10,12-13H2,1-2H3/t16-,18-/m1/s1. The lowest BCUT2D eigenvalue weighted by Gasteiger charge is -2.24. The van der Waals surface area contributed by atoms with Crippen LogP contribution in [0, 0.1) is 0 Å². The number of β-amino-alcohol motifs (C(OH)–C–C–N with tert-alkyl or cyclic N) is 1. The van der Waals surface area contributed by atoms with Gasteiger partial charge in [-0.1, -0.05) is 12.1 Å². The number of likely N-dealkylation sites (tertiary alicyclic amines) is 1. The molecule has 1 N–H and O–H groups in total. The topological polar surface area (TPSA) is 50.5 Å². The van der Waals surface area contributed by atoms with Gasteiger partial charge < -0.3 is 9.84 Å². The number of ether oxygens (including phenoxy) is 1. The number of hydrogen-bond donors (Lipinski definition) is 1. The normalized spacial score (nSPS) is 21.7. The summed E-state index contributed by atoms with van der Waals surface area (Å²) in [7, 11) is 1.69. The Bertz CT molecular complexity index is 641. The Morgan fingerprint density at radius 1 is 1.35 bits per heavy atom. The van der Waals surface area contributed by atoms with Crippen LogP contribution >= 0.6 is 0 Å². The highest BCUT2D eigenvalue weighted by atomic mass is 16.5. The number of aliphatic hydroxyl groups excluding tert-OH is 1. The zero-order valence-electron chi connectivity index (χ0n) is 13.9. The molecule has 1 aromatic heterocycles. The second-order valence-electron chi connectivity index (χ2n) is 6.07. The summed E-state index contributed by atoms with van der Waals surface area (Å²) in [6, 6.07) is 10.5. The average Bonchev–Trinajstić information content (AvgIpc) is 3.18. The van der Waals surface area contributed by atoms with Crippen molar-refractivity contribution in [1.82, 2.24) is 14.7 Å². The maximum atomic E-state index is 10.1. The second kappa shape index (κ2) is 7.15. The zero-order valence-corrected chi connectivity index (χ0v) is 13.9. The van der Waals surface area contributed by atoms with Crippen molar-refractivity contribution in [3.05, 3.63) is 47.8 Å². The van der Waals surface area contributed by atoms with E-state index in [2.05, 4.69) is 35.1 Å². The van der Waals surface area contributed by atoms with Gasteiger partial charge in [0.05, 0.1) is 13.2 Å². The summed E-state index contributed by atoms with van der Waals surface area (Å²) >= 11 is 0. The van der Waals surface area contributed by atoms with E-state index in [0.717, 1.165) is 38.2 Å². The van der Waals surface area contributed by atoms with Crippen LogP contribution in [0.15, 0.2) is 36.5 Å². The van der Waals surface area contributed by atoms with E-state index in [9.17, 15) is 5.11 Å². The Morgan fingerprint density at radius 3 is 3.00 bits per heavy atom. The molecule has 5 heteroatoms. The first-order chi connectivity index (χ1) is 11.2. The quantitative estimate of drug-likeness (QED) is 0.888. The molecule has 5 nitrogen and oxygen atoms in total. The van der Waals surface area contributed by atoms with Crippen LogP contribution in [-0.4, -0.2) is 46.1 Å². The minimum atomic E-state index is -0.262. The molecule has 3 rings (SSSR count). The van der Waals surface area contributed by atoms with Crippen LogP contribution in [0.5, 0.6) is 5.75 Å². The van der Waals surface area contributed by atoms with Gasteiger partial charge in [0, 0.05) is 44.0 Å².